The van der Waals surface area contributed by atoms with E-state index in [2.05, 4.69) is 27.1 Å². The van der Waals surface area contributed by atoms with E-state index in [4.69, 9.17) is 9.47 Å². The van der Waals surface area contributed by atoms with Gasteiger partial charge in [0.05, 0.1) is 26.8 Å². The van der Waals surface area contributed by atoms with Crippen LogP contribution in [0.5, 0.6) is 11.5 Å². The number of aliphatic imine (C=N–C) groups is 1. The molecule has 0 amide bonds. The normalized spacial score (nSPS) is 12.2. The molecule has 142 valence electrons. The third kappa shape index (κ3) is 7.52. The van der Waals surface area contributed by atoms with Crippen molar-refractivity contribution in [3.63, 3.8) is 0 Å². The summed E-state index contributed by atoms with van der Waals surface area (Å²) in [5.74, 6) is 2.23. The number of methoxy groups -OCH3 is 2. The number of nitrogens with one attached hydrogen (secondary N) is 2. The van der Waals surface area contributed by atoms with Gasteiger partial charge in [-0.2, -0.15) is 0 Å². The second-order valence-corrected chi connectivity index (χ2v) is 5.48. The fourth-order valence-electron chi connectivity index (χ4n) is 2.32. The van der Waals surface area contributed by atoms with Crippen LogP contribution in [0.15, 0.2) is 35.8 Å². The molecule has 1 rings (SSSR count). The summed E-state index contributed by atoms with van der Waals surface area (Å²) in [7, 11) is 7.37. The lowest BCUT2D eigenvalue weighted by Gasteiger charge is -2.24. The smallest absolute Gasteiger partial charge is 0.191 e. The Labute approximate surface area is 168 Å². The molecule has 25 heavy (non-hydrogen) atoms. The topological polar surface area (TPSA) is 58.1 Å². The monoisotopic (exact) mass is 462 g/mol. The number of benzene rings is 1. The van der Waals surface area contributed by atoms with E-state index in [0.717, 1.165) is 29.6 Å². The SMILES string of the molecule is C=CCNC(=NCC(c1ccc(OC)c(OC)c1)N(C)C)NCC.I. The Kier molecular flexibility index (Phi) is 12.1. The molecular weight excluding hydrogens is 431 g/mol. The van der Waals surface area contributed by atoms with Crippen molar-refractivity contribution < 1.29 is 9.47 Å². The Bertz CT molecular complexity index is 550. The van der Waals surface area contributed by atoms with Gasteiger partial charge in [-0.1, -0.05) is 12.1 Å². The number of hydrogen-bond donors (Lipinski definition) is 2. The van der Waals surface area contributed by atoms with Gasteiger partial charge in [-0.05, 0) is 38.7 Å². The van der Waals surface area contributed by atoms with Crippen molar-refractivity contribution in [3.8, 4) is 11.5 Å². The highest BCUT2D eigenvalue weighted by atomic mass is 127. The van der Waals surface area contributed by atoms with Gasteiger partial charge in [0.15, 0.2) is 17.5 Å². The summed E-state index contributed by atoms with van der Waals surface area (Å²) in [4.78, 5) is 6.82. The van der Waals surface area contributed by atoms with E-state index < -0.39 is 0 Å². The highest BCUT2D eigenvalue weighted by Crippen LogP contribution is 2.31. The molecule has 1 unspecified atom stereocenters. The molecule has 6 nitrogen and oxygen atoms in total. The lowest BCUT2D eigenvalue weighted by molar-refractivity contribution is 0.303. The van der Waals surface area contributed by atoms with E-state index >= 15 is 0 Å². The Morgan fingerprint density at radius 2 is 1.92 bits per heavy atom. The standard InChI is InChI=1S/C18H30N4O2.HI/c1-7-11-20-18(19-8-2)21-13-15(22(3)4)14-9-10-16(23-5)17(12-14)24-6;/h7,9-10,12,15H,1,8,11,13H2,2-6H3,(H2,19,20,21);1H. The molecule has 0 bridgehead atoms. The van der Waals surface area contributed by atoms with Gasteiger partial charge in [-0.15, -0.1) is 30.6 Å². The molecule has 0 aliphatic carbocycles. The van der Waals surface area contributed by atoms with Crippen LogP contribution in [0.1, 0.15) is 18.5 Å². The number of guanidine groups is 1. The van der Waals surface area contributed by atoms with E-state index in [1.165, 1.54) is 0 Å². The van der Waals surface area contributed by atoms with Gasteiger partial charge in [-0.25, -0.2) is 0 Å². The van der Waals surface area contributed by atoms with Gasteiger partial charge < -0.3 is 25.0 Å². The summed E-state index contributed by atoms with van der Waals surface area (Å²) < 4.78 is 10.7. The lowest BCUT2D eigenvalue weighted by Crippen LogP contribution is -2.38. The Morgan fingerprint density at radius 3 is 2.44 bits per heavy atom. The van der Waals surface area contributed by atoms with E-state index in [9.17, 15) is 0 Å². The van der Waals surface area contributed by atoms with Gasteiger partial charge in [0, 0.05) is 13.1 Å². The van der Waals surface area contributed by atoms with Gasteiger partial charge in [0.2, 0.25) is 0 Å². The first-order chi connectivity index (χ1) is 11.6. The highest BCUT2D eigenvalue weighted by molar-refractivity contribution is 14.0. The van der Waals surface area contributed by atoms with Crippen LogP contribution in [0, 0.1) is 0 Å². The van der Waals surface area contributed by atoms with Crippen LogP contribution in [-0.2, 0) is 0 Å². The summed E-state index contributed by atoms with van der Waals surface area (Å²) >= 11 is 0. The first-order valence-corrected chi connectivity index (χ1v) is 8.08. The number of hydrogen-bond acceptors (Lipinski definition) is 4. The Morgan fingerprint density at radius 1 is 1.24 bits per heavy atom. The average molecular weight is 462 g/mol. The predicted octanol–water partition coefficient (Wildman–Crippen LogP) is 2.67. The van der Waals surface area contributed by atoms with Crippen molar-refractivity contribution in [2.24, 2.45) is 4.99 Å². The highest BCUT2D eigenvalue weighted by Gasteiger charge is 2.16. The van der Waals surface area contributed by atoms with Crippen molar-refractivity contribution in [2.75, 3.05) is 47.9 Å². The Hall–Kier alpha value is -1.48. The van der Waals surface area contributed by atoms with E-state index in [1.54, 1.807) is 14.2 Å². The molecule has 0 aliphatic heterocycles. The molecule has 0 aliphatic rings. The maximum atomic E-state index is 5.41. The van der Waals surface area contributed by atoms with Crippen molar-refractivity contribution in [1.29, 1.82) is 0 Å². The molecule has 0 aromatic heterocycles. The molecule has 0 saturated carbocycles. The van der Waals surface area contributed by atoms with Gasteiger partial charge in [0.25, 0.3) is 0 Å². The molecule has 0 saturated heterocycles. The molecule has 0 fully saturated rings. The number of ether oxygens (including phenoxy) is 2. The minimum atomic E-state index is 0. The van der Waals surface area contributed by atoms with Crippen LogP contribution in [0.4, 0.5) is 0 Å². The minimum absolute atomic E-state index is 0. The second-order valence-electron chi connectivity index (χ2n) is 5.48. The maximum absolute atomic E-state index is 5.41. The van der Waals surface area contributed by atoms with Gasteiger partial charge in [0.1, 0.15) is 0 Å². The van der Waals surface area contributed by atoms with Crippen molar-refractivity contribution in [2.45, 2.75) is 13.0 Å². The molecule has 0 spiro atoms. The summed E-state index contributed by atoms with van der Waals surface area (Å²) in [6.45, 7) is 7.87. The molecule has 2 N–H and O–H groups in total. The first-order valence-electron chi connectivity index (χ1n) is 8.08. The van der Waals surface area contributed by atoms with Crippen LogP contribution in [0.3, 0.4) is 0 Å². The molecule has 1 atom stereocenters. The number of halogens is 1. The van der Waals surface area contributed by atoms with Crippen molar-refractivity contribution in [1.82, 2.24) is 15.5 Å². The molecule has 7 heteroatoms. The fraction of sp³-hybridized carbons (Fsp3) is 0.500. The maximum Gasteiger partial charge on any atom is 0.191 e. The summed E-state index contributed by atoms with van der Waals surface area (Å²) in [6.07, 6.45) is 1.81. The minimum Gasteiger partial charge on any atom is -0.493 e. The van der Waals surface area contributed by atoms with Crippen molar-refractivity contribution >= 4 is 29.9 Å². The molecule has 0 radical (unpaired) electrons. The number of likely N-dealkylation sites (N-methyl/N-ethyl adjacent to an activating group) is 1. The van der Waals surface area contributed by atoms with Crippen LogP contribution in [0.25, 0.3) is 0 Å². The summed E-state index contributed by atoms with van der Waals surface area (Å²) in [5, 5.41) is 6.45. The number of nitrogens with zero attached hydrogens (tertiary/aromatic N) is 2. The summed E-state index contributed by atoms with van der Waals surface area (Å²) in [6, 6.07) is 6.11. The van der Waals surface area contributed by atoms with Crippen LogP contribution >= 0.6 is 24.0 Å². The third-order valence-corrected chi connectivity index (χ3v) is 3.60. The van der Waals surface area contributed by atoms with E-state index in [0.29, 0.717) is 13.1 Å². The second kappa shape index (κ2) is 12.8. The summed E-state index contributed by atoms with van der Waals surface area (Å²) in [5.41, 5.74) is 1.13. The zero-order chi connectivity index (χ0) is 17.9. The molecular formula is C18H31IN4O2. The fourth-order valence-corrected chi connectivity index (χ4v) is 2.32. The zero-order valence-electron chi connectivity index (χ0n) is 15.8. The first kappa shape index (κ1) is 23.5. The van der Waals surface area contributed by atoms with Crippen LogP contribution in [-0.4, -0.2) is 58.8 Å². The molecule has 1 aromatic carbocycles. The van der Waals surface area contributed by atoms with Gasteiger partial charge >= 0.3 is 0 Å². The molecule has 0 heterocycles. The molecule has 1 aromatic rings. The van der Waals surface area contributed by atoms with Crippen LogP contribution < -0.4 is 20.1 Å². The van der Waals surface area contributed by atoms with Crippen molar-refractivity contribution in [3.05, 3.63) is 36.4 Å². The van der Waals surface area contributed by atoms with Gasteiger partial charge in [-0.3, -0.25) is 4.99 Å². The average Bonchev–Trinajstić information content (AvgIpc) is 2.59. The third-order valence-electron chi connectivity index (χ3n) is 3.60. The van der Waals surface area contributed by atoms with Crippen LogP contribution in [0.2, 0.25) is 0 Å². The van der Waals surface area contributed by atoms with E-state index in [-0.39, 0.29) is 30.0 Å². The zero-order valence-corrected chi connectivity index (χ0v) is 18.2. The Balaban J connectivity index is 0.00000576. The largest absolute Gasteiger partial charge is 0.493 e. The van der Waals surface area contributed by atoms with E-state index in [1.807, 2.05) is 45.3 Å². The quantitative estimate of drug-likeness (QED) is 0.256. The predicted molar refractivity (Wildman–Crippen MR) is 116 cm³/mol. The number of rotatable bonds is 9. The lowest BCUT2D eigenvalue weighted by atomic mass is 10.1.